The van der Waals surface area contributed by atoms with Gasteiger partial charge in [0, 0.05) is 37.6 Å². The van der Waals surface area contributed by atoms with Crippen molar-refractivity contribution in [3.63, 3.8) is 0 Å². The van der Waals surface area contributed by atoms with Crippen LogP contribution in [0.1, 0.15) is 38.2 Å². The van der Waals surface area contributed by atoms with E-state index in [1.165, 1.54) is 4.68 Å². The topological polar surface area (TPSA) is 76.5 Å². The Balaban J connectivity index is 1.79. The van der Waals surface area contributed by atoms with Crippen LogP contribution < -0.4 is 10.9 Å². The van der Waals surface area contributed by atoms with Crippen molar-refractivity contribution < 1.29 is 9.53 Å². The summed E-state index contributed by atoms with van der Waals surface area (Å²) in [5.74, 6) is -0.274. The summed E-state index contributed by atoms with van der Waals surface area (Å²) < 4.78 is 7.02. The van der Waals surface area contributed by atoms with Crippen molar-refractivity contribution in [3.8, 4) is 0 Å². The minimum atomic E-state index is -0.274. The fraction of sp³-hybridized carbons (Fsp3) is 0.550. The van der Waals surface area contributed by atoms with Gasteiger partial charge in [0.2, 0.25) is 0 Å². The summed E-state index contributed by atoms with van der Waals surface area (Å²) in [6, 6.07) is 7.07. The van der Waals surface area contributed by atoms with Crippen LogP contribution in [0.5, 0.6) is 0 Å². The van der Waals surface area contributed by atoms with Crippen molar-refractivity contribution in [1.82, 2.24) is 20.0 Å². The number of nitrogens with one attached hydrogen (secondary N) is 1. The van der Waals surface area contributed by atoms with Gasteiger partial charge in [-0.1, -0.05) is 18.2 Å². The molecule has 0 spiro atoms. The van der Waals surface area contributed by atoms with Crippen LogP contribution in [0.2, 0.25) is 0 Å². The maximum atomic E-state index is 12.8. The SMILES string of the molecule is CC1CN(C(C)(C)CNC(=O)c2nn(C)c(=O)c3ccccc23)CC(C)O1. The number of fused-ring (bicyclic) bond motifs is 1. The minimum Gasteiger partial charge on any atom is -0.373 e. The summed E-state index contributed by atoms with van der Waals surface area (Å²) in [6.07, 6.45) is 0.330. The normalized spacial score (nSPS) is 21.4. The number of carbonyl (C=O) groups excluding carboxylic acids is 1. The Kier molecular flexibility index (Phi) is 5.35. The molecule has 2 unspecified atom stereocenters. The summed E-state index contributed by atoms with van der Waals surface area (Å²) in [7, 11) is 1.56. The number of morpholine rings is 1. The molecule has 146 valence electrons. The van der Waals surface area contributed by atoms with Gasteiger partial charge in [-0.2, -0.15) is 5.10 Å². The van der Waals surface area contributed by atoms with E-state index in [9.17, 15) is 9.59 Å². The number of carbonyl (C=O) groups is 1. The molecule has 1 aliphatic heterocycles. The minimum absolute atomic E-state index is 0.165. The molecule has 0 radical (unpaired) electrons. The fourth-order valence-electron chi connectivity index (χ4n) is 3.63. The van der Waals surface area contributed by atoms with Gasteiger partial charge in [0.25, 0.3) is 11.5 Å². The van der Waals surface area contributed by atoms with Crippen LogP contribution in [0.3, 0.4) is 0 Å². The number of nitrogens with zero attached hydrogens (tertiary/aromatic N) is 3. The van der Waals surface area contributed by atoms with E-state index in [1.807, 2.05) is 0 Å². The Morgan fingerprint density at radius 1 is 1.22 bits per heavy atom. The molecule has 0 bridgehead atoms. The molecule has 1 N–H and O–H groups in total. The second-order valence-corrected chi connectivity index (χ2v) is 7.98. The zero-order valence-electron chi connectivity index (χ0n) is 16.7. The van der Waals surface area contributed by atoms with E-state index in [4.69, 9.17) is 4.74 Å². The van der Waals surface area contributed by atoms with Gasteiger partial charge in [0.1, 0.15) is 0 Å². The van der Waals surface area contributed by atoms with E-state index in [-0.39, 0.29) is 34.9 Å². The molecule has 1 aromatic carbocycles. The lowest BCUT2D eigenvalue weighted by molar-refractivity contribution is -0.0948. The van der Waals surface area contributed by atoms with Gasteiger partial charge in [0.15, 0.2) is 5.69 Å². The van der Waals surface area contributed by atoms with E-state index < -0.39 is 0 Å². The molecule has 0 aliphatic carbocycles. The van der Waals surface area contributed by atoms with Crippen molar-refractivity contribution >= 4 is 16.7 Å². The molecule has 2 atom stereocenters. The van der Waals surface area contributed by atoms with E-state index in [2.05, 4.69) is 43.0 Å². The fourth-order valence-corrected chi connectivity index (χ4v) is 3.63. The van der Waals surface area contributed by atoms with Crippen LogP contribution in [-0.2, 0) is 11.8 Å². The Hall–Kier alpha value is -2.25. The first-order valence-electron chi connectivity index (χ1n) is 9.34. The number of hydrogen-bond donors (Lipinski definition) is 1. The molecule has 2 aromatic rings. The molecular formula is C20H28N4O3. The number of aromatic nitrogens is 2. The van der Waals surface area contributed by atoms with Crippen LogP contribution in [0.15, 0.2) is 29.1 Å². The molecule has 1 amide bonds. The molecule has 7 heteroatoms. The maximum Gasteiger partial charge on any atom is 0.274 e. The van der Waals surface area contributed by atoms with Crippen molar-refractivity contribution in [2.75, 3.05) is 19.6 Å². The van der Waals surface area contributed by atoms with Gasteiger partial charge >= 0.3 is 0 Å². The number of amides is 1. The molecule has 3 rings (SSSR count). The molecule has 1 saturated heterocycles. The number of hydrogen-bond acceptors (Lipinski definition) is 5. The van der Waals surface area contributed by atoms with Gasteiger partial charge in [0.05, 0.1) is 17.6 Å². The third-order valence-electron chi connectivity index (χ3n) is 5.13. The lowest BCUT2D eigenvalue weighted by Gasteiger charge is -2.45. The average Bonchev–Trinajstić information content (AvgIpc) is 2.62. The Morgan fingerprint density at radius 3 is 2.44 bits per heavy atom. The summed E-state index contributed by atoms with van der Waals surface area (Å²) in [6.45, 7) is 10.5. The Labute approximate surface area is 159 Å². The Bertz CT molecular complexity index is 896. The average molecular weight is 372 g/mol. The first kappa shape index (κ1) is 19.5. The first-order chi connectivity index (χ1) is 12.7. The number of aryl methyl sites for hydroxylation is 1. The predicted octanol–water partition coefficient (Wildman–Crippen LogP) is 1.55. The molecular weight excluding hydrogens is 344 g/mol. The largest absolute Gasteiger partial charge is 0.373 e. The predicted molar refractivity (Wildman–Crippen MR) is 105 cm³/mol. The molecule has 27 heavy (non-hydrogen) atoms. The highest BCUT2D eigenvalue weighted by atomic mass is 16.5. The van der Waals surface area contributed by atoms with Crippen LogP contribution in [-0.4, -0.2) is 58.0 Å². The third-order valence-corrected chi connectivity index (χ3v) is 5.13. The molecule has 7 nitrogen and oxygen atoms in total. The van der Waals surface area contributed by atoms with E-state index >= 15 is 0 Å². The molecule has 0 saturated carbocycles. The summed E-state index contributed by atoms with van der Waals surface area (Å²) in [5, 5.41) is 8.27. The highest BCUT2D eigenvalue weighted by Crippen LogP contribution is 2.21. The maximum absolute atomic E-state index is 12.8. The molecule has 2 heterocycles. The second kappa shape index (κ2) is 7.40. The van der Waals surface area contributed by atoms with Crippen LogP contribution >= 0.6 is 0 Å². The van der Waals surface area contributed by atoms with Crippen molar-refractivity contribution in [1.29, 1.82) is 0 Å². The van der Waals surface area contributed by atoms with Crippen molar-refractivity contribution in [2.45, 2.75) is 45.4 Å². The van der Waals surface area contributed by atoms with Gasteiger partial charge in [-0.05, 0) is 33.8 Å². The lowest BCUT2D eigenvalue weighted by Crippen LogP contribution is -2.58. The lowest BCUT2D eigenvalue weighted by atomic mass is 10.00. The van der Waals surface area contributed by atoms with Crippen LogP contribution in [0.4, 0.5) is 0 Å². The zero-order chi connectivity index (χ0) is 19.8. The van der Waals surface area contributed by atoms with E-state index in [0.29, 0.717) is 17.3 Å². The van der Waals surface area contributed by atoms with E-state index in [1.54, 1.807) is 31.3 Å². The molecule has 1 fully saturated rings. The highest BCUT2D eigenvalue weighted by Gasteiger charge is 2.33. The van der Waals surface area contributed by atoms with Crippen molar-refractivity contribution in [3.05, 3.63) is 40.3 Å². The highest BCUT2D eigenvalue weighted by molar-refractivity contribution is 6.04. The summed E-state index contributed by atoms with van der Waals surface area (Å²) in [5.41, 5.74) is -0.163. The van der Waals surface area contributed by atoms with Crippen molar-refractivity contribution in [2.24, 2.45) is 7.05 Å². The van der Waals surface area contributed by atoms with Gasteiger partial charge in [-0.15, -0.1) is 0 Å². The van der Waals surface area contributed by atoms with E-state index in [0.717, 1.165) is 13.1 Å². The quantitative estimate of drug-likeness (QED) is 0.881. The monoisotopic (exact) mass is 372 g/mol. The molecule has 1 aliphatic rings. The van der Waals surface area contributed by atoms with Gasteiger partial charge < -0.3 is 10.1 Å². The smallest absolute Gasteiger partial charge is 0.274 e. The van der Waals surface area contributed by atoms with Gasteiger partial charge in [-0.3, -0.25) is 14.5 Å². The number of benzene rings is 1. The van der Waals surface area contributed by atoms with Crippen LogP contribution in [0, 0.1) is 0 Å². The van der Waals surface area contributed by atoms with Crippen LogP contribution in [0.25, 0.3) is 10.8 Å². The Morgan fingerprint density at radius 2 is 1.81 bits per heavy atom. The number of rotatable bonds is 4. The standard InChI is InChI=1S/C20H28N4O3/c1-13-10-24(11-14(2)27-13)20(3,4)12-21-18(25)17-15-8-6-7-9-16(15)19(26)23(5)22-17/h6-9,13-14H,10-12H2,1-5H3,(H,21,25). The second-order valence-electron chi connectivity index (χ2n) is 7.98. The summed E-state index contributed by atoms with van der Waals surface area (Å²) >= 11 is 0. The number of ether oxygens (including phenoxy) is 1. The zero-order valence-corrected chi connectivity index (χ0v) is 16.7. The third kappa shape index (κ3) is 4.04. The first-order valence-corrected chi connectivity index (χ1v) is 9.34. The molecule has 1 aromatic heterocycles. The van der Waals surface area contributed by atoms with Gasteiger partial charge in [-0.25, -0.2) is 4.68 Å². The summed E-state index contributed by atoms with van der Waals surface area (Å²) in [4.78, 5) is 27.4.